The summed E-state index contributed by atoms with van der Waals surface area (Å²) in [5.41, 5.74) is 1.04. The van der Waals surface area contributed by atoms with Gasteiger partial charge < -0.3 is 15.2 Å². The summed E-state index contributed by atoms with van der Waals surface area (Å²) in [5.74, 6) is 0.0344. The van der Waals surface area contributed by atoms with Crippen LogP contribution < -0.4 is 10.6 Å². The molecule has 1 aromatic rings. The van der Waals surface area contributed by atoms with Gasteiger partial charge >= 0.3 is 0 Å². The number of carbonyl (C=O) groups is 1. The number of nitrogens with one attached hydrogen (secondary N) is 2. The highest BCUT2D eigenvalue weighted by Crippen LogP contribution is 2.01. The van der Waals surface area contributed by atoms with E-state index >= 15 is 0 Å². The molecule has 0 aliphatic carbocycles. The molecule has 1 amide bonds. The van der Waals surface area contributed by atoms with E-state index in [1.807, 2.05) is 33.0 Å². The molecule has 0 atom stereocenters. The Hall–Kier alpha value is -1.29. The summed E-state index contributed by atoms with van der Waals surface area (Å²) < 4.78 is 2.16. The third-order valence-electron chi connectivity index (χ3n) is 2.37. The number of nitrogens with zero attached hydrogens (tertiary/aromatic N) is 1. The van der Waals surface area contributed by atoms with E-state index in [1.54, 1.807) is 0 Å². The first-order valence-corrected chi connectivity index (χ1v) is 6.08. The lowest BCUT2D eigenvalue weighted by molar-refractivity contribution is -0.121. The Bertz CT molecular complexity index is 363. The van der Waals surface area contributed by atoms with Crippen LogP contribution in [0.15, 0.2) is 18.3 Å². The third kappa shape index (κ3) is 5.04. The first kappa shape index (κ1) is 13.8. The molecule has 0 radical (unpaired) electrons. The van der Waals surface area contributed by atoms with Crippen LogP contribution in [0.4, 0.5) is 0 Å². The van der Waals surface area contributed by atoms with Crippen LogP contribution in [-0.2, 0) is 17.9 Å². The van der Waals surface area contributed by atoms with E-state index in [2.05, 4.69) is 28.2 Å². The summed E-state index contributed by atoms with van der Waals surface area (Å²) in [6.45, 7) is 10.1. The minimum absolute atomic E-state index is 0.0344. The van der Waals surface area contributed by atoms with E-state index in [4.69, 9.17) is 0 Å². The molecule has 0 saturated carbocycles. The second-order valence-electron chi connectivity index (χ2n) is 5.19. The van der Waals surface area contributed by atoms with Gasteiger partial charge in [0.15, 0.2) is 0 Å². The van der Waals surface area contributed by atoms with E-state index in [0.29, 0.717) is 6.54 Å². The van der Waals surface area contributed by atoms with Crippen LogP contribution in [0.1, 0.15) is 33.4 Å². The predicted molar refractivity (Wildman–Crippen MR) is 69.7 cm³/mol. The topological polar surface area (TPSA) is 46.1 Å². The molecule has 0 aliphatic rings. The lowest BCUT2D eigenvalue weighted by atomic mass is 10.1. The first-order valence-electron chi connectivity index (χ1n) is 6.08. The number of amides is 1. The van der Waals surface area contributed by atoms with Crippen molar-refractivity contribution >= 4 is 5.91 Å². The molecule has 1 rings (SSSR count). The Labute approximate surface area is 103 Å². The van der Waals surface area contributed by atoms with E-state index < -0.39 is 0 Å². The van der Waals surface area contributed by atoms with Gasteiger partial charge in [0.1, 0.15) is 0 Å². The average Bonchev–Trinajstić information content (AvgIpc) is 2.62. The van der Waals surface area contributed by atoms with Crippen molar-refractivity contribution in [1.29, 1.82) is 0 Å². The Morgan fingerprint density at radius 1 is 1.41 bits per heavy atom. The van der Waals surface area contributed by atoms with E-state index in [0.717, 1.165) is 13.1 Å². The van der Waals surface area contributed by atoms with Crippen LogP contribution in [0.2, 0.25) is 0 Å². The highest BCUT2D eigenvalue weighted by atomic mass is 16.2. The Balaban J connectivity index is 2.31. The molecule has 4 nitrogen and oxygen atoms in total. The minimum atomic E-state index is -0.164. The standard InChI is InChI=1S/C13H23N3O/c1-5-16-8-6-7-11(16)9-14-10-12(17)15-13(2,3)4/h6-8,14H,5,9-10H2,1-4H3,(H,15,17). The number of rotatable bonds is 5. The van der Waals surface area contributed by atoms with Gasteiger partial charge in [-0.1, -0.05) is 0 Å². The number of carbonyl (C=O) groups excluding carboxylic acids is 1. The van der Waals surface area contributed by atoms with Crippen molar-refractivity contribution in [2.24, 2.45) is 0 Å². The van der Waals surface area contributed by atoms with E-state index in [9.17, 15) is 4.79 Å². The largest absolute Gasteiger partial charge is 0.351 e. The number of aryl methyl sites for hydroxylation is 1. The van der Waals surface area contributed by atoms with Gasteiger partial charge in [0.25, 0.3) is 0 Å². The molecular weight excluding hydrogens is 214 g/mol. The highest BCUT2D eigenvalue weighted by Gasteiger charge is 2.12. The zero-order chi connectivity index (χ0) is 12.9. The monoisotopic (exact) mass is 237 g/mol. The van der Waals surface area contributed by atoms with Crippen LogP contribution in [-0.4, -0.2) is 22.6 Å². The zero-order valence-corrected chi connectivity index (χ0v) is 11.2. The molecular formula is C13H23N3O. The summed E-state index contributed by atoms with van der Waals surface area (Å²) in [7, 11) is 0. The lowest BCUT2D eigenvalue weighted by Gasteiger charge is -2.20. The van der Waals surface area contributed by atoms with Crippen LogP contribution in [0.25, 0.3) is 0 Å². The number of hydrogen-bond acceptors (Lipinski definition) is 2. The second-order valence-corrected chi connectivity index (χ2v) is 5.19. The molecule has 0 bridgehead atoms. The normalized spacial score (nSPS) is 11.5. The van der Waals surface area contributed by atoms with Gasteiger partial charge in [0.2, 0.25) is 5.91 Å². The fourth-order valence-corrected chi connectivity index (χ4v) is 1.68. The second kappa shape index (κ2) is 5.87. The SMILES string of the molecule is CCn1cccc1CNCC(=O)NC(C)(C)C. The van der Waals surface area contributed by atoms with Gasteiger partial charge in [0.05, 0.1) is 6.54 Å². The maximum absolute atomic E-state index is 11.6. The van der Waals surface area contributed by atoms with Crippen molar-refractivity contribution in [3.8, 4) is 0 Å². The molecule has 17 heavy (non-hydrogen) atoms. The van der Waals surface area contributed by atoms with Gasteiger partial charge in [0, 0.05) is 30.5 Å². The van der Waals surface area contributed by atoms with Crippen molar-refractivity contribution in [2.45, 2.75) is 46.3 Å². The molecule has 0 fully saturated rings. The van der Waals surface area contributed by atoms with Gasteiger partial charge in [-0.15, -0.1) is 0 Å². The fraction of sp³-hybridized carbons (Fsp3) is 0.615. The smallest absolute Gasteiger partial charge is 0.234 e. The first-order chi connectivity index (χ1) is 7.92. The van der Waals surface area contributed by atoms with Crippen LogP contribution in [0.3, 0.4) is 0 Å². The van der Waals surface area contributed by atoms with E-state index in [-0.39, 0.29) is 11.4 Å². The highest BCUT2D eigenvalue weighted by molar-refractivity contribution is 5.78. The minimum Gasteiger partial charge on any atom is -0.351 e. The molecule has 0 aliphatic heterocycles. The molecule has 96 valence electrons. The number of aromatic nitrogens is 1. The van der Waals surface area contributed by atoms with Gasteiger partial charge in [-0.05, 0) is 39.8 Å². The van der Waals surface area contributed by atoms with Crippen LogP contribution in [0.5, 0.6) is 0 Å². The van der Waals surface area contributed by atoms with E-state index in [1.165, 1.54) is 5.69 Å². The van der Waals surface area contributed by atoms with Crippen molar-refractivity contribution in [3.05, 3.63) is 24.0 Å². The summed E-state index contributed by atoms with van der Waals surface area (Å²) in [6, 6.07) is 4.09. The summed E-state index contributed by atoms with van der Waals surface area (Å²) in [4.78, 5) is 11.6. The van der Waals surface area contributed by atoms with Gasteiger partial charge in [-0.3, -0.25) is 4.79 Å². The van der Waals surface area contributed by atoms with Crippen LogP contribution >= 0.6 is 0 Å². The molecule has 0 spiro atoms. The molecule has 0 unspecified atom stereocenters. The Morgan fingerprint density at radius 3 is 2.71 bits per heavy atom. The summed E-state index contributed by atoms with van der Waals surface area (Å²) in [6.07, 6.45) is 2.05. The maximum Gasteiger partial charge on any atom is 0.234 e. The van der Waals surface area contributed by atoms with Crippen LogP contribution in [0, 0.1) is 0 Å². The summed E-state index contributed by atoms with van der Waals surface area (Å²) in [5, 5.41) is 6.07. The quantitative estimate of drug-likeness (QED) is 0.815. The lowest BCUT2D eigenvalue weighted by Crippen LogP contribution is -2.44. The van der Waals surface area contributed by atoms with Crippen molar-refractivity contribution in [2.75, 3.05) is 6.54 Å². The zero-order valence-electron chi connectivity index (χ0n) is 11.2. The number of hydrogen-bond donors (Lipinski definition) is 2. The Kier molecular flexibility index (Phi) is 4.75. The summed E-state index contributed by atoms with van der Waals surface area (Å²) >= 11 is 0. The maximum atomic E-state index is 11.6. The molecule has 0 saturated heterocycles. The van der Waals surface area contributed by atoms with Gasteiger partial charge in [-0.25, -0.2) is 0 Å². The average molecular weight is 237 g/mol. The van der Waals surface area contributed by atoms with Crippen molar-refractivity contribution in [3.63, 3.8) is 0 Å². The third-order valence-corrected chi connectivity index (χ3v) is 2.37. The molecule has 2 N–H and O–H groups in total. The molecule has 1 aromatic heterocycles. The predicted octanol–water partition coefficient (Wildman–Crippen LogP) is 1.51. The molecule has 1 heterocycles. The van der Waals surface area contributed by atoms with Crippen molar-refractivity contribution in [1.82, 2.24) is 15.2 Å². The molecule has 4 heteroatoms. The Morgan fingerprint density at radius 2 is 2.12 bits per heavy atom. The van der Waals surface area contributed by atoms with Gasteiger partial charge in [-0.2, -0.15) is 0 Å². The fourth-order valence-electron chi connectivity index (χ4n) is 1.68. The molecule has 0 aromatic carbocycles. The van der Waals surface area contributed by atoms with Crippen molar-refractivity contribution < 1.29 is 4.79 Å².